The standard InChI is InChI=1S/C17H20N2O4S/c1-14-10-11-16(19(20)21)13-17(14)24(22,23)18-12-6-5-9-15-7-3-2-4-8-15/h2-4,7-8,10-11,13,18H,5-6,9,12H2,1H3. The predicted molar refractivity (Wildman–Crippen MR) is 92.4 cm³/mol. The van der Waals surface area contributed by atoms with Crippen LogP contribution in [-0.4, -0.2) is 19.9 Å². The number of unbranched alkanes of at least 4 members (excludes halogenated alkanes) is 1. The van der Waals surface area contributed by atoms with Gasteiger partial charge in [-0.2, -0.15) is 0 Å². The molecule has 0 heterocycles. The van der Waals surface area contributed by atoms with Gasteiger partial charge in [0.15, 0.2) is 0 Å². The van der Waals surface area contributed by atoms with Crippen molar-refractivity contribution in [1.82, 2.24) is 4.72 Å². The molecule has 24 heavy (non-hydrogen) atoms. The first-order chi connectivity index (χ1) is 11.4. The van der Waals surface area contributed by atoms with Crippen LogP contribution in [0, 0.1) is 17.0 Å². The van der Waals surface area contributed by atoms with E-state index in [2.05, 4.69) is 4.72 Å². The monoisotopic (exact) mass is 348 g/mol. The molecule has 0 fully saturated rings. The minimum atomic E-state index is -3.75. The van der Waals surface area contributed by atoms with Gasteiger partial charge in [0.1, 0.15) is 0 Å². The summed E-state index contributed by atoms with van der Waals surface area (Å²) in [5, 5.41) is 10.8. The van der Waals surface area contributed by atoms with E-state index in [-0.39, 0.29) is 10.6 Å². The third-order valence-electron chi connectivity index (χ3n) is 3.70. The lowest BCUT2D eigenvalue weighted by Crippen LogP contribution is -2.25. The van der Waals surface area contributed by atoms with E-state index in [1.165, 1.54) is 17.7 Å². The number of nitrogens with zero attached hydrogens (tertiary/aromatic N) is 1. The number of nitro groups is 1. The molecule has 6 nitrogen and oxygen atoms in total. The molecule has 0 spiro atoms. The fourth-order valence-electron chi connectivity index (χ4n) is 2.37. The zero-order valence-corrected chi connectivity index (χ0v) is 14.3. The van der Waals surface area contributed by atoms with Crippen LogP contribution < -0.4 is 4.72 Å². The Bertz CT molecular complexity index is 805. The number of nitro benzene ring substituents is 1. The third-order valence-corrected chi connectivity index (χ3v) is 5.30. The molecule has 128 valence electrons. The summed E-state index contributed by atoms with van der Waals surface area (Å²) < 4.78 is 27.2. The van der Waals surface area contributed by atoms with E-state index >= 15 is 0 Å². The molecule has 0 amide bonds. The van der Waals surface area contributed by atoms with Crippen LogP contribution in [0.25, 0.3) is 0 Å². The van der Waals surface area contributed by atoms with Crippen LogP contribution in [0.4, 0.5) is 5.69 Å². The molecule has 0 atom stereocenters. The number of sulfonamides is 1. The predicted octanol–water partition coefficient (Wildman–Crippen LogP) is 3.20. The van der Waals surface area contributed by atoms with Crippen molar-refractivity contribution in [3.05, 3.63) is 69.8 Å². The van der Waals surface area contributed by atoms with E-state index in [0.29, 0.717) is 18.5 Å². The third kappa shape index (κ3) is 4.87. The fourth-order valence-corrected chi connectivity index (χ4v) is 3.71. The second-order valence-electron chi connectivity index (χ2n) is 5.55. The molecule has 2 rings (SSSR count). The van der Waals surface area contributed by atoms with Crippen LogP contribution >= 0.6 is 0 Å². The molecule has 1 N–H and O–H groups in total. The Labute approximate surface area is 141 Å². The molecule has 0 radical (unpaired) electrons. The highest BCUT2D eigenvalue weighted by Crippen LogP contribution is 2.21. The normalized spacial score (nSPS) is 11.4. The summed E-state index contributed by atoms with van der Waals surface area (Å²) in [5.41, 5.74) is 1.47. The quantitative estimate of drug-likeness (QED) is 0.451. The Hall–Kier alpha value is -2.25. The lowest BCUT2D eigenvalue weighted by Gasteiger charge is -2.09. The maximum atomic E-state index is 12.3. The smallest absolute Gasteiger partial charge is 0.258 e. The van der Waals surface area contributed by atoms with Gasteiger partial charge in [0.2, 0.25) is 10.0 Å². The van der Waals surface area contributed by atoms with Gasteiger partial charge in [-0.3, -0.25) is 10.1 Å². The number of rotatable bonds is 8. The molecule has 2 aromatic carbocycles. The van der Waals surface area contributed by atoms with Gasteiger partial charge in [0.05, 0.1) is 9.82 Å². The van der Waals surface area contributed by atoms with Crippen LogP contribution in [0.3, 0.4) is 0 Å². The fraction of sp³-hybridized carbons (Fsp3) is 0.294. The Morgan fingerprint density at radius 3 is 2.46 bits per heavy atom. The molecular formula is C17H20N2O4S. The van der Waals surface area contributed by atoms with Crippen LogP contribution in [0.15, 0.2) is 53.4 Å². The number of non-ortho nitro benzene ring substituents is 1. The van der Waals surface area contributed by atoms with Gasteiger partial charge >= 0.3 is 0 Å². The highest BCUT2D eigenvalue weighted by atomic mass is 32.2. The Kier molecular flexibility index (Phi) is 6.05. The second kappa shape index (κ2) is 8.03. The molecule has 0 saturated carbocycles. The van der Waals surface area contributed by atoms with Gasteiger partial charge in [0, 0.05) is 18.7 Å². The largest absolute Gasteiger partial charge is 0.270 e. The van der Waals surface area contributed by atoms with Gasteiger partial charge < -0.3 is 0 Å². The summed E-state index contributed by atoms with van der Waals surface area (Å²) in [7, 11) is -3.75. The van der Waals surface area contributed by atoms with Crippen molar-refractivity contribution in [3.63, 3.8) is 0 Å². The summed E-state index contributed by atoms with van der Waals surface area (Å²) in [6.07, 6.45) is 2.45. The van der Waals surface area contributed by atoms with Crippen molar-refractivity contribution in [2.45, 2.75) is 31.1 Å². The van der Waals surface area contributed by atoms with E-state index in [1.807, 2.05) is 30.3 Å². The Morgan fingerprint density at radius 1 is 1.08 bits per heavy atom. The van der Waals surface area contributed by atoms with Crippen molar-refractivity contribution in [2.75, 3.05) is 6.54 Å². The molecule has 7 heteroatoms. The minimum Gasteiger partial charge on any atom is -0.258 e. The van der Waals surface area contributed by atoms with Gasteiger partial charge in [-0.1, -0.05) is 36.4 Å². The van der Waals surface area contributed by atoms with Crippen LogP contribution in [0.2, 0.25) is 0 Å². The SMILES string of the molecule is Cc1ccc([N+](=O)[O-])cc1S(=O)(=O)NCCCCc1ccccc1. The van der Waals surface area contributed by atoms with E-state index in [1.54, 1.807) is 6.92 Å². The van der Waals surface area contributed by atoms with Gasteiger partial charge in [-0.15, -0.1) is 0 Å². The maximum absolute atomic E-state index is 12.3. The van der Waals surface area contributed by atoms with E-state index in [9.17, 15) is 18.5 Å². The summed E-state index contributed by atoms with van der Waals surface area (Å²) >= 11 is 0. The second-order valence-corrected chi connectivity index (χ2v) is 7.28. The summed E-state index contributed by atoms with van der Waals surface area (Å²) in [4.78, 5) is 10.2. The first-order valence-corrected chi connectivity index (χ1v) is 9.17. The van der Waals surface area contributed by atoms with E-state index in [0.717, 1.165) is 18.9 Å². The minimum absolute atomic E-state index is 0.0419. The molecule has 0 aliphatic carbocycles. The molecule has 0 aliphatic rings. The highest BCUT2D eigenvalue weighted by molar-refractivity contribution is 7.89. The zero-order chi connectivity index (χ0) is 17.6. The van der Waals surface area contributed by atoms with Crippen LogP contribution in [-0.2, 0) is 16.4 Å². The van der Waals surface area contributed by atoms with Crippen LogP contribution in [0.1, 0.15) is 24.0 Å². The number of hydrogen-bond acceptors (Lipinski definition) is 4. The van der Waals surface area contributed by atoms with Gasteiger partial charge in [0.25, 0.3) is 5.69 Å². The molecule has 0 unspecified atom stereocenters. The number of hydrogen-bond donors (Lipinski definition) is 1. The number of aryl methyl sites for hydroxylation is 2. The molecule has 0 aromatic heterocycles. The molecule has 0 bridgehead atoms. The molecular weight excluding hydrogens is 328 g/mol. The van der Waals surface area contributed by atoms with Crippen molar-refractivity contribution < 1.29 is 13.3 Å². The lowest BCUT2D eigenvalue weighted by molar-refractivity contribution is -0.385. The first kappa shape index (κ1) is 18.1. The highest BCUT2D eigenvalue weighted by Gasteiger charge is 2.19. The summed E-state index contributed by atoms with van der Waals surface area (Å²) in [5.74, 6) is 0. The van der Waals surface area contributed by atoms with Gasteiger partial charge in [-0.05, 0) is 37.3 Å². The first-order valence-electron chi connectivity index (χ1n) is 7.69. The average molecular weight is 348 g/mol. The number of benzene rings is 2. The van der Waals surface area contributed by atoms with Crippen LogP contribution in [0.5, 0.6) is 0 Å². The zero-order valence-electron chi connectivity index (χ0n) is 13.4. The summed E-state index contributed by atoms with van der Waals surface area (Å²) in [6.45, 7) is 1.92. The maximum Gasteiger partial charge on any atom is 0.270 e. The topological polar surface area (TPSA) is 89.3 Å². The van der Waals surface area contributed by atoms with Crippen molar-refractivity contribution in [2.24, 2.45) is 0 Å². The van der Waals surface area contributed by atoms with E-state index in [4.69, 9.17) is 0 Å². The molecule has 0 aliphatic heterocycles. The summed E-state index contributed by atoms with van der Waals surface area (Å²) in [6, 6.07) is 13.8. The number of nitrogens with one attached hydrogen (secondary N) is 1. The van der Waals surface area contributed by atoms with Crippen molar-refractivity contribution in [3.8, 4) is 0 Å². The average Bonchev–Trinajstić information content (AvgIpc) is 2.55. The van der Waals surface area contributed by atoms with Crippen molar-refractivity contribution >= 4 is 15.7 Å². The Morgan fingerprint density at radius 2 is 1.79 bits per heavy atom. The van der Waals surface area contributed by atoms with Crippen molar-refractivity contribution in [1.29, 1.82) is 0 Å². The lowest BCUT2D eigenvalue weighted by atomic mass is 10.1. The van der Waals surface area contributed by atoms with Gasteiger partial charge in [-0.25, -0.2) is 13.1 Å². The molecule has 0 saturated heterocycles. The molecule has 2 aromatic rings. The van der Waals surface area contributed by atoms with E-state index < -0.39 is 14.9 Å². The Balaban J connectivity index is 1.92.